The van der Waals surface area contributed by atoms with Gasteiger partial charge in [0.05, 0.1) is 6.07 Å². The lowest BCUT2D eigenvalue weighted by atomic mass is 10.2. The minimum atomic E-state index is -3.77. The third-order valence-electron chi connectivity index (χ3n) is 1.52. The fourth-order valence-electron chi connectivity index (χ4n) is 1.01. The van der Waals surface area contributed by atoms with Crippen molar-refractivity contribution in [1.29, 1.82) is 5.26 Å². The van der Waals surface area contributed by atoms with Crippen LogP contribution in [0.25, 0.3) is 0 Å². The summed E-state index contributed by atoms with van der Waals surface area (Å²) in [6.45, 7) is 3.06. The molecule has 0 saturated heterocycles. The molecule has 0 aliphatic carbocycles. The molecule has 0 atom stereocenters. The monoisotopic (exact) mass is 234 g/mol. The fourth-order valence-corrected chi connectivity index (χ4v) is 2.19. The summed E-state index contributed by atoms with van der Waals surface area (Å²) < 4.78 is 23.7. The van der Waals surface area contributed by atoms with Crippen LogP contribution >= 0.6 is 0 Å². The Kier molecular flexibility index (Phi) is 5.25. The highest BCUT2D eigenvalue weighted by Gasteiger charge is 2.24. The van der Waals surface area contributed by atoms with Gasteiger partial charge in [0.15, 0.2) is 5.75 Å². The summed E-state index contributed by atoms with van der Waals surface area (Å²) in [5.74, 6) is -1.90. The van der Waals surface area contributed by atoms with E-state index in [-0.39, 0.29) is 12.5 Å². The number of rotatable bonds is 6. The quantitative estimate of drug-likeness (QED) is 0.691. The minimum Gasteiger partial charge on any atom is -0.480 e. The summed E-state index contributed by atoms with van der Waals surface area (Å²) in [6, 6.07) is 1.51. The van der Waals surface area contributed by atoms with Crippen molar-refractivity contribution < 1.29 is 18.3 Å². The Morgan fingerprint density at radius 1 is 1.53 bits per heavy atom. The molecule has 0 aromatic rings. The zero-order chi connectivity index (χ0) is 12.1. The molecule has 15 heavy (non-hydrogen) atoms. The zero-order valence-corrected chi connectivity index (χ0v) is 9.49. The van der Waals surface area contributed by atoms with E-state index >= 15 is 0 Å². The fraction of sp³-hybridized carbons (Fsp3) is 0.750. The third-order valence-corrected chi connectivity index (χ3v) is 3.08. The molecule has 0 aromatic heterocycles. The van der Waals surface area contributed by atoms with Crippen molar-refractivity contribution >= 4 is 16.0 Å². The second-order valence-corrected chi connectivity index (χ2v) is 5.46. The number of aliphatic carboxylic acids is 1. The molecule has 0 heterocycles. The molecule has 0 aliphatic heterocycles. The van der Waals surface area contributed by atoms with Crippen LogP contribution in [0.15, 0.2) is 0 Å². The summed E-state index contributed by atoms with van der Waals surface area (Å²) in [7, 11) is -3.77. The van der Waals surface area contributed by atoms with Crippen LogP contribution in [0.5, 0.6) is 0 Å². The lowest BCUT2D eigenvalue weighted by Crippen LogP contribution is -2.39. The number of hydrogen-bond acceptors (Lipinski definition) is 4. The third kappa shape index (κ3) is 5.34. The Bertz CT molecular complexity index is 355. The molecule has 6 nitrogen and oxygen atoms in total. The Labute approximate surface area is 89.2 Å². The molecule has 0 spiro atoms. The SMILES string of the molecule is CC(C)CN(CC(=O)O)S(=O)(=O)CC#N. The molecular weight excluding hydrogens is 220 g/mol. The maximum atomic E-state index is 11.4. The first kappa shape index (κ1) is 13.9. The van der Waals surface area contributed by atoms with Gasteiger partial charge in [-0.1, -0.05) is 13.8 Å². The van der Waals surface area contributed by atoms with Crippen LogP contribution in [0.2, 0.25) is 0 Å². The molecule has 1 N–H and O–H groups in total. The predicted molar refractivity (Wildman–Crippen MR) is 53.4 cm³/mol. The van der Waals surface area contributed by atoms with E-state index in [4.69, 9.17) is 10.4 Å². The van der Waals surface area contributed by atoms with E-state index in [1.165, 1.54) is 6.07 Å². The van der Waals surface area contributed by atoms with E-state index in [1.54, 1.807) is 13.8 Å². The van der Waals surface area contributed by atoms with Gasteiger partial charge >= 0.3 is 5.97 Å². The molecular formula is C8H14N2O4S. The normalized spacial score (nSPS) is 11.7. The summed E-state index contributed by atoms with van der Waals surface area (Å²) in [4.78, 5) is 10.5. The van der Waals surface area contributed by atoms with E-state index < -0.39 is 28.3 Å². The minimum absolute atomic E-state index is 0.0119. The molecule has 86 valence electrons. The van der Waals surface area contributed by atoms with Crippen LogP contribution in [0, 0.1) is 17.2 Å². The van der Waals surface area contributed by atoms with Gasteiger partial charge in [0.25, 0.3) is 0 Å². The highest BCUT2D eigenvalue weighted by atomic mass is 32.2. The van der Waals surface area contributed by atoms with Gasteiger partial charge in [0, 0.05) is 6.54 Å². The first-order chi connectivity index (χ1) is 6.79. The van der Waals surface area contributed by atoms with E-state index in [0.29, 0.717) is 0 Å². The summed E-state index contributed by atoms with van der Waals surface area (Å²) in [5.41, 5.74) is 0. The molecule has 7 heteroatoms. The first-order valence-corrected chi connectivity index (χ1v) is 5.97. The van der Waals surface area contributed by atoms with Crippen molar-refractivity contribution in [1.82, 2.24) is 4.31 Å². The first-order valence-electron chi connectivity index (χ1n) is 4.36. The zero-order valence-electron chi connectivity index (χ0n) is 8.67. The molecule has 0 rings (SSSR count). The van der Waals surface area contributed by atoms with Crippen LogP contribution in [0.3, 0.4) is 0 Å². The summed E-state index contributed by atoms with van der Waals surface area (Å²) in [6.07, 6.45) is 0. The number of nitrogens with zero attached hydrogens (tertiary/aromatic N) is 2. The Balaban J connectivity index is 4.78. The maximum Gasteiger partial charge on any atom is 0.318 e. The number of carboxylic acid groups (broad SMARTS) is 1. The van der Waals surface area contributed by atoms with E-state index in [1.807, 2.05) is 0 Å². The van der Waals surface area contributed by atoms with E-state index in [0.717, 1.165) is 4.31 Å². The van der Waals surface area contributed by atoms with Gasteiger partial charge in [-0.3, -0.25) is 4.79 Å². The molecule has 0 saturated carbocycles. The molecule has 0 aliphatic rings. The van der Waals surface area contributed by atoms with Gasteiger partial charge < -0.3 is 5.11 Å². The number of carbonyl (C=O) groups is 1. The van der Waals surface area contributed by atoms with Gasteiger partial charge in [-0.05, 0) is 5.92 Å². The molecule has 0 aromatic carbocycles. The maximum absolute atomic E-state index is 11.4. The van der Waals surface area contributed by atoms with Crippen LogP contribution in [0.1, 0.15) is 13.8 Å². The topological polar surface area (TPSA) is 98.5 Å². The number of sulfonamides is 1. The van der Waals surface area contributed by atoms with E-state index in [2.05, 4.69) is 0 Å². The second kappa shape index (κ2) is 5.68. The number of nitriles is 1. The Hall–Kier alpha value is -1.13. The predicted octanol–water partition coefficient (Wildman–Crippen LogP) is -0.118. The number of hydrogen-bond donors (Lipinski definition) is 1. The van der Waals surface area contributed by atoms with Gasteiger partial charge in [-0.15, -0.1) is 0 Å². The highest BCUT2D eigenvalue weighted by Crippen LogP contribution is 2.05. The average molecular weight is 234 g/mol. The second-order valence-electron chi connectivity index (χ2n) is 3.49. The van der Waals surface area contributed by atoms with Crippen molar-refractivity contribution in [3.63, 3.8) is 0 Å². The lowest BCUT2D eigenvalue weighted by Gasteiger charge is -2.20. The smallest absolute Gasteiger partial charge is 0.318 e. The molecule has 0 unspecified atom stereocenters. The van der Waals surface area contributed by atoms with Crippen molar-refractivity contribution in [2.45, 2.75) is 13.8 Å². The van der Waals surface area contributed by atoms with E-state index in [9.17, 15) is 13.2 Å². The van der Waals surface area contributed by atoms with Crippen molar-refractivity contribution in [3.05, 3.63) is 0 Å². The van der Waals surface area contributed by atoms with Crippen LogP contribution in [-0.4, -0.2) is 42.6 Å². The molecule has 0 radical (unpaired) electrons. The lowest BCUT2D eigenvalue weighted by molar-refractivity contribution is -0.137. The molecule has 0 amide bonds. The van der Waals surface area contributed by atoms with Gasteiger partial charge in [0.2, 0.25) is 10.0 Å². The van der Waals surface area contributed by atoms with Crippen LogP contribution < -0.4 is 0 Å². The summed E-state index contributed by atoms with van der Waals surface area (Å²) >= 11 is 0. The van der Waals surface area contributed by atoms with Gasteiger partial charge in [0.1, 0.15) is 6.54 Å². The van der Waals surface area contributed by atoms with Crippen molar-refractivity contribution in [2.24, 2.45) is 5.92 Å². The van der Waals surface area contributed by atoms with Crippen LogP contribution in [-0.2, 0) is 14.8 Å². The van der Waals surface area contributed by atoms with Crippen molar-refractivity contribution in [3.8, 4) is 6.07 Å². The Morgan fingerprint density at radius 2 is 2.07 bits per heavy atom. The average Bonchev–Trinajstić information content (AvgIpc) is 2.00. The van der Waals surface area contributed by atoms with Gasteiger partial charge in [-0.2, -0.15) is 9.57 Å². The van der Waals surface area contributed by atoms with Gasteiger partial charge in [-0.25, -0.2) is 8.42 Å². The molecule has 0 bridgehead atoms. The highest BCUT2D eigenvalue weighted by molar-refractivity contribution is 7.89. The molecule has 0 fully saturated rings. The summed E-state index contributed by atoms with van der Waals surface area (Å²) in [5, 5.41) is 16.9. The number of carboxylic acids is 1. The van der Waals surface area contributed by atoms with Crippen LogP contribution in [0.4, 0.5) is 0 Å². The standard InChI is InChI=1S/C8H14N2O4S/c1-7(2)5-10(6-8(11)12)15(13,14)4-3-9/h7H,4-6H2,1-2H3,(H,11,12). The largest absolute Gasteiger partial charge is 0.480 e. The van der Waals surface area contributed by atoms with Crippen molar-refractivity contribution in [2.75, 3.05) is 18.8 Å². The Morgan fingerprint density at radius 3 is 2.40 bits per heavy atom.